The molecule has 0 radical (unpaired) electrons. The van der Waals surface area contributed by atoms with Crippen LogP contribution in [-0.4, -0.2) is 17.0 Å². The molecule has 4 fully saturated rings. The lowest BCUT2D eigenvalue weighted by molar-refractivity contribution is -0.155. The monoisotopic (exact) mass is 304 g/mol. The van der Waals surface area contributed by atoms with Crippen LogP contribution in [0.3, 0.4) is 0 Å². The van der Waals surface area contributed by atoms with Crippen molar-refractivity contribution in [2.24, 2.45) is 40.4 Å². The zero-order chi connectivity index (χ0) is 15.7. The maximum atomic E-state index is 12.5. The second-order valence-corrected chi connectivity index (χ2v) is 9.57. The Morgan fingerprint density at radius 3 is 2.68 bits per heavy atom. The molecule has 4 rings (SSSR count). The summed E-state index contributed by atoms with van der Waals surface area (Å²) in [5.74, 6) is 4.11. The van der Waals surface area contributed by atoms with Gasteiger partial charge in [0.05, 0.1) is 6.10 Å². The highest BCUT2D eigenvalue weighted by Gasteiger charge is 2.62. The molecule has 0 aromatic heterocycles. The number of ketones is 1. The smallest absolute Gasteiger partial charge is 0.139 e. The first-order chi connectivity index (χ1) is 10.4. The number of aliphatic hydroxyl groups excluding tert-OH is 1. The Labute approximate surface area is 135 Å². The summed E-state index contributed by atoms with van der Waals surface area (Å²) in [7, 11) is 0. The number of hydrogen-bond donors (Lipinski definition) is 1. The molecular formula is C20H32O2. The Kier molecular flexibility index (Phi) is 3.32. The van der Waals surface area contributed by atoms with Crippen molar-refractivity contribution in [2.45, 2.75) is 78.2 Å². The summed E-state index contributed by atoms with van der Waals surface area (Å²) in [6, 6.07) is 0. The van der Waals surface area contributed by atoms with Gasteiger partial charge in [0, 0.05) is 11.8 Å². The van der Waals surface area contributed by atoms with Crippen molar-refractivity contribution < 1.29 is 9.90 Å². The molecule has 4 saturated carbocycles. The molecule has 4 aliphatic carbocycles. The van der Waals surface area contributed by atoms with E-state index >= 15 is 0 Å². The fourth-order valence-electron chi connectivity index (χ4n) is 7.71. The number of rotatable bonds is 0. The van der Waals surface area contributed by atoms with Gasteiger partial charge in [-0.15, -0.1) is 0 Å². The summed E-state index contributed by atoms with van der Waals surface area (Å²) in [5, 5.41) is 10.1. The van der Waals surface area contributed by atoms with E-state index in [2.05, 4.69) is 20.8 Å². The van der Waals surface area contributed by atoms with Gasteiger partial charge in [0.15, 0.2) is 0 Å². The first-order valence-electron chi connectivity index (χ1n) is 9.57. The minimum absolute atomic E-state index is 0.0159. The van der Waals surface area contributed by atoms with Crippen LogP contribution >= 0.6 is 0 Å². The van der Waals surface area contributed by atoms with Crippen molar-refractivity contribution in [2.75, 3.05) is 0 Å². The van der Waals surface area contributed by atoms with Crippen molar-refractivity contribution in [3.63, 3.8) is 0 Å². The number of carbonyl (C=O) groups excluding carboxylic acids is 1. The van der Waals surface area contributed by atoms with Crippen LogP contribution in [0, 0.1) is 40.4 Å². The van der Waals surface area contributed by atoms with E-state index in [1.807, 2.05) is 0 Å². The van der Waals surface area contributed by atoms with Crippen molar-refractivity contribution >= 4 is 5.78 Å². The van der Waals surface area contributed by atoms with Gasteiger partial charge in [0.1, 0.15) is 5.78 Å². The summed E-state index contributed by atoms with van der Waals surface area (Å²) >= 11 is 0. The highest BCUT2D eigenvalue weighted by atomic mass is 16.3. The largest absolute Gasteiger partial charge is 0.393 e. The van der Waals surface area contributed by atoms with E-state index < -0.39 is 0 Å². The molecule has 0 heterocycles. The summed E-state index contributed by atoms with van der Waals surface area (Å²) in [6.45, 7) is 7.22. The normalized spacial score (nSPS) is 57.9. The summed E-state index contributed by atoms with van der Waals surface area (Å²) in [5.41, 5.74) is 0.395. The van der Waals surface area contributed by atoms with Crippen molar-refractivity contribution in [1.29, 1.82) is 0 Å². The fraction of sp³-hybridized carbons (Fsp3) is 0.950. The van der Waals surface area contributed by atoms with Crippen LogP contribution < -0.4 is 0 Å². The number of aliphatic hydroxyl groups is 1. The molecule has 2 heteroatoms. The highest BCUT2D eigenvalue weighted by molar-refractivity contribution is 5.87. The fourth-order valence-corrected chi connectivity index (χ4v) is 7.71. The molecular weight excluding hydrogens is 272 g/mol. The van der Waals surface area contributed by atoms with E-state index in [1.54, 1.807) is 0 Å². The van der Waals surface area contributed by atoms with Crippen LogP contribution in [0.5, 0.6) is 0 Å². The Bertz CT molecular complexity index is 486. The number of fused-ring (bicyclic) bond motifs is 5. The maximum Gasteiger partial charge on any atom is 0.139 e. The average Bonchev–Trinajstić information content (AvgIpc) is 2.75. The maximum absolute atomic E-state index is 12.5. The third kappa shape index (κ3) is 1.85. The second-order valence-electron chi connectivity index (χ2n) is 9.57. The summed E-state index contributed by atoms with van der Waals surface area (Å²) in [4.78, 5) is 12.5. The van der Waals surface area contributed by atoms with Gasteiger partial charge in [0.2, 0.25) is 0 Å². The first-order valence-corrected chi connectivity index (χ1v) is 9.57. The van der Waals surface area contributed by atoms with Gasteiger partial charge in [0.25, 0.3) is 0 Å². The highest BCUT2D eigenvalue weighted by Crippen LogP contribution is 2.66. The Morgan fingerprint density at radius 2 is 1.91 bits per heavy atom. The van der Waals surface area contributed by atoms with Crippen molar-refractivity contribution in [3.8, 4) is 0 Å². The quantitative estimate of drug-likeness (QED) is 0.728. The van der Waals surface area contributed by atoms with Crippen molar-refractivity contribution in [1.82, 2.24) is 0 Å². The van der Waals surface area contributed by atoms with Gasteiger partial charge in [-0.05, 0) is 80.0 Å². The van der Waals surface area contributed by atoms with E-state index in [4.69, 9.17) is 0 Å². The van der Waals surface area contributed by atoms with E-state index in [0.717, 1.165) is 43.9 Å². The molecule has 124 valence electrons. The summed E-state index contributed by atoms with van der Waals surface area (Å²) in [6.07, 6.45) is 8.81. The van der Waals surface area contributed by atoms with Gasteiger partial charge in [-0.2, -0.15) is 0 Å². The predicted molar refractivity (Wildman–Crippen MR) is 87.3 cm³/mol. The molecule has 0 saturated heterocycles. The molecule has 0 amide bonds. The SMILES string of the molecule is C[C@H]1C[C@]2(C)C(=O)CC[C@H]2[C@@H]2CC[C@H]3C[C@H](O)CC[C@]3(C)[C@H]21. The standard InChI is InChI=1S/C20H32O2/c1-12-11-20(3)16(6-7-17(20)22)15-5-4-13-10-14(21)8-9-19(13,2)18(12)15/h12-16,18,21H,4-11H2,1-3H3/t12-,13-,14+,15-,16-,18-,19-,20-/m0/s1. The van der Waals surface area contributed by atoms with Crippen molar-refractivity contribution in [3.05, 3.63) is 0 Å². The number of carbonyl (C=O) groups is 1. The van der Waals surface area contributed by atoms with Crippen LogP contribution in [0.25, 0.3) is 0 Å². The summed E-state index contributed by atoms with van der Waals surface area (Å²) < 4.78 is 0. The van der Waals surface area contributed by atoms with Crippen LogP contribution in [0.4, 0.5) is 0 Å². The number of Topliss-reactive ketones (excluding diaryl/α,β-unsaturated/α-hetero) is 1. The van der Waals surface area contributed by atoms with Crippen LogP contribution in [-0.2, 0) is 4.79 Å². The van der Waals surface area contributed by atoms with E-state index in [1.165, 1.54) is 19.3 Å². The molecule has 0 aromatic carbocycles. The van der Waals surface area contributed by atoms with E-state index in [0.29, 0.717) is 29.0 Å². The minimum atomic E-state index is -0.0631. The van der Waals surface area contributed by atoms with Crippen LogP contribution in [0.2, 0.25) is 0 Å². The molecule has 8 atom stereocenters. The third-order valence-corrected chi connectivity index (χ3v) is 8.59. The van der Waals surface area contributed by atoms with Crippen LogP contribution in [0.15, 0.2) is 0 Å². The number of hydrogen-bond acceptors (Lipinski definition) is 2. The van der Waals surface area contributed by atoms with Gasteiger partial charge < -0.3 is 5.11 Å². The van der Waals surface area contributed by atoms with E-state index in [9.17, 15) is 9.90 Å². The molecule has 2 nitrogen and oxygen atoms in total. The lowest BCUT2D eigenvalue weighted by atomic mass is 9.43. The zero-order valence-corrected chi connectivity index (χ0v) is 14.5. The lowest BCUT2D eigenvalue weighted by Gasteiger charge is -2.62. The first kappa shape index (κ1) is 15.2. The van der Waals surface area contributed by atoms with Gasteiger partial charge in [-0.1, -0.05) is 20.8 Å². The van der Waals surface area contributed by atoms with Gasteiger partial charge >= 0.3 is 0 Å². The minimum Gasteiger partial charge on any atom is -0.393 e. The molecule has 0 aliphatic heterocycles. The molecule has 1 N–H and O–H groups in total. The Balaban J connectivity index is 1.69. The van der Waals surface area contributed by atoms with E-state index in [-0.39, 0.29) is 11.5 Å². The molecule has 0 aromatic rings. The Hall–Kier alpha value is -0.370. The zero-order valence-electron chi connectivity index (χ0n) is 14.5. The third-order valence-electron chi connectivity index (χ3n) is 8.59. The molecule has 0 spiro atoms. The topological polar surface area (TPSA) is 37.3 Å². The molecule has 4 aliphatic rings. The predicted octanol–water partition coefficient (Wildman–Crippen LogP) is 4.21. The molecule has 22 heavy (non-hydrogen) atoms. The molecule has 0 unspecified atom stereocenters. The lowest BCUT2D eigenvalue weighted by Crippen LogP contribution is -2.56. The Morgan fingerprint density at radius 1 is 1.14 bits per heavy atom. The van der Waals surface area contributed by atoms with Gasteiger partial charge in [-0.25, -0.2) is 0 Å². The van der Waals surface area contributed by atoms with Gasteiger partial charge in [-0.3, -0.25) is 4.79 Å². The second kappa shape index (κ2) is 4.82. The van der Waals surface area contributed by atoms with Crippen LogP contribution in [0.1, 0.15) is 72.1 Å². The molecule has 0 bridgehead atoms. The average molecular weight is 304 g/mol.